The fourth-order valence-electron chi connectivity index (χ4n) is 3.82. The van der Waals surface area contributed by atoms with Gasteiger partial charge in [0.05, 0.1) is 13.2 Å². The Morgan fingerprint density at radius 2 is 1.46 bits per heavy atom. The third-order valence-corrected chi connectivity index (χ3v) is 5.72. The van der Waals surface area contributed by atoms with E-state index in [0.717, 1.165) is 29.8 Å². The lowest BCUT2D eigenvalue weighted by atomic mass is 10.1. The van der Waals surface area contributed by atoms with E-state index in [1.165, 1.54) is 5.56 Å². The summed E-state index contributed by atoms with van der Waals surface area (Å²) in [6.07, 6.45) is 1.90. The van der Waals surface area contributed by atoms with Gasteiger partial charge in [-0.25, -0.2) is 0 Å². The topological polar surface area (TPSA) is 79.5 Å². The number of amides is 2. The molecule has 0 unspecified atom stereocenters. The van der Waals surface area contributed by atoms with Gasteiger partial charge in [0.25, 0.3) is 5.91 Å². The summed E-state index contributed by atoms with van der Waals surface area (Å²) in [6.45, 7) is 2.69. The molecule has 0 fully saturated rings. The van der Waals surface area contributed by atoms with Crippen molar-refractivity contribution in [3.05, 3.63) is 120 Å². The molecule has 0 radical (unpaired) electrons. The molecule has 6 nitrogen and oxygen atoms in total. The third-order valence-electron chi connectivity index (χ3n) is 5.72. The van der Waals surface area contributed by atoms with Gasteiger partial charge >= 0.3 is 0 Å². The quantitative estimate of drug-likeness (QED) is 0.214. The van der Waals surface area contributed by atoms with Crippen LogP contribution in [0.3, 0.4) is 0 Å². The van der Waals surface area contributed by atoms with Crippen molar-refractivity contribution in [3.8, 4) is 5.75 Å². The summed E-state index contributed by atoms with van der Waals surface area (Å²) in [6, 6.07) is 32.4. The van der Waals surface area contributed by atoms with Crippen molar-refractivity contribution in [2.24, 2.45) is 0 Å². The minimum absolute atomic E-state index is 0.114. The summed E-state index contributed by atoms with van der Waals surface area (Å²) in [4.78, 5) is 24.8. The van der Waals surface area contributed by atoms with Gasteiger partial charge in [0.1, 0.15) is 5.75 Å². The minimum atomic E-state index is -0.175. The van der Waals surface area contributed by atoms with Gasteiger partial charge in [-0.1, -0.05) is 54.1 Å². The first-order valence-electron chi connectivity index (χ1n) is 12.3. The molecule has 37 heavy (non-hydrogen) atoms. The van der Waals surface area contributed by atoms with Crippen molar-refractivity contribution in [1.29, 1.82) is 0 Å². The highest BCUT2D eigenvalue weighted by Gasteiger charge is 2.07. The second kappa shape index (κ2) is 12.9. The maximum absolute atomic E-state index is 12.4. The molecule has 0 spiro atoms. The van der Waals surface area contributed by atoms with Crippen LogP contribution in [0.2, 0.25) is 0 Å². The molecule has 0 saturated carbocycles. The third kappa shape index (κ3) is 8.25. The van der Waals surface area contributed by atoms with Crippen LogP contribution in [0.4, 0.5) is 17.1 Å². The van der Waals surface area contributed by atoms with E-state index < -0.39 is 0 Å². The number of anilines is 3. The van der Waals surface area contributed by atoms with Crippen molar-refractivity contribution < 1.29 is 14.3 Å². The molecule has 0 aliphatic heterocycles. The number of aryl methyl sites for hydroxylation is 2. The molecule has 6 heteroatoms. The Kier molecular flexibility index (Phi) is 8.92. The fourth-order valence-corrected chi connectivity index (χ4v) is 3.82. The van der Waals surface area contributed by atoms with Crippen LogP contribution in [-0.2, 0) is 11.2 Å². The van der Waals surface area contributed by atoms with Crippen LogP contribution in [0.15, 0.2) is 103 Å². The summed E-state index contributed by atoms with van der Waals surface area (Å²) in [7, 11) is 0. The number of benzene rings is 4. The molecule has 0 atom stereocenters. The fraction of sp³-hybridized carbons (Fsp3) is 0.161. The molecule has 0 heterocycles. The second-order valence-corrected chi connectivity index (χ2v) is 8.77. The first kappa shape index (κ1) is 25.5. The number of hydrogen-bond acceptors (Lipinski definition) is 4. The van der Waals surface area contributed by atoms with E-state index in [0.29, 0.717) is 23.5 Å². The Labute approximate surface area is 217 Å². The van der Waals surface area contributed by atoms with Crippen molar-refractivity contribution in [2.75, 3.05) is 29.1 Å². The van der Waals surface area contributed by atoms with Crippen LogP contribution in [0.1, 0.15) is 27.9 Å². The highest BCUT2D eigenvalue weighted by atomic mass is 16.5. The molecule has 4 aromatic rings. The molecule has 0 aliphatic rings. The van der Waals surface area contributed by atoms with Crippen LogP contribution in [-0.4, -0.2) is 25.0 Å². The van der Waals surface area contributed by atoms with E-state index in [1.807, 2.05) is 67.6 Å². The zero-order valence-electron chi connectivity index (χ0n) is 20.9. The van der Waals surface area contributed by atoms with Gasteiger partial charge in [-0.3, -0.25) is 9.59 Å². The summed E-state index contributed by atoms with van der Waals surface area (Å²) in [5.74, 6) is 0.416. The van der Waals surface area contributed by atoms with Gasteiger partial charge in [0, 0.05) is 28.7 Å². The van der Waals surface area contributed by atoms with Gasteiger partial charge in [0.15, 0.2) is 0 Å². The molecule has 3 N–H and O–H groups in total. The van der Waals surface area contributed by atoms with Crippen molar-refractivity contribution >= 4 is 28.9 Å². The first-order chi connectivity index (χ1) is 18.0. The molecule has 0 saturated heterocycles. The Bertz CT molecular complexity index is 1320. The Morgan fingerprint density at radius 3 is 2.22 bits per heavy atom. The molecule has 0 aromatic heterocycles. The molecule has 4 rings (SSSR count). The van der Waals surface area contributed by atoms with E-state index in [1.54, 1.807) is 30.3 Å². The summed E-state index contributed by atoms with van der Waals surface area (Å²) in [5.41, 5.74) is 5.04. The molecule has 188 valence electrons. The highest BCUT2D eigenvalue weighted by Crippen LogP contribution is 2.18. The maximum Gasteiger partial charge on any atom is 0.255 e. The molecular formula is C31H31N3O3. The molecule has 2 amide bonds. The zero-order valence-corrected chi connectivity index (χ0v) is 20.9. The Morgan fingerprint density at radius 1 is 0.730 bits per heavy atom. The number of ether oxygens (including phenoxy) is 1. The van der Waals surface area contributed by atoms with Crippen LogP contribution in [0, 0.1) is 6.92 Å². The molecule has 0 aliphatic carbocycles. The average Bonchev–Trinajstić information content (AvgIpc) is 2.92. The molecule has 4 aromatic carbocycles. The van der Waals surface area contributed by atoms with Crippen molar-refractivity contribution in [2.45, 2.75) is 19.8 Å². The normalized spacial score (nSPS) is 10.4. The summed E-state index contributed by atoms with van der Waals surface area (Å²) < 4.78 is 5.87. The van der Waals surface area contributed by atoms with Crippen molar-refractivity contribution in [1.82, 2.24) is 0 Å². The van der Waals surface area contributed by atoms with Crippen LogP contribution < -0.4 is 20.7 Å². The number of nitrogens with one attached hydrogen (secondary N) is 3. The largest absolute Gasteiger partial charge is 0.494 e. The van der Waals surface area contributed by atoms with Crippen LogP contribution in [0.5, 0.6) is 5.75 Å². The smallest absolute Gasteiger partial charge is 0.255 e. The zero-order chi connectivity index (χ0) is 25.9. The Balaban J connectivity index is 1.19. The van der Waals surface area contributed by atoms with E-state index in [2.05, 4.69) is 28.1 Å². The van der Waals surface area contributed by atoms with Crippen molar-refractivity contribution in [3.63, 3.8) is 0 Å². The SMILES string of the molecule is Cc1cccc(C(=O)Nc2ccc(NC(=O)CNc3cccc(OCCCc4ccccc4)c3)cc2)c1. The van der Waals surface area contributed by atoms with E-state index in [-0.39, 0.29) is 18.4 Å². The second-order valence-electron chi connectivity index (χ2n) is 8.77. The van der Waals surface area contributed by atoms with E-state index in [4.69, 9.17) is 4.74 Å². The standard InChI is InChI=1S/C31H31N3O3/c1-23-8-5-12-25(20-23)31(36)34-27-17-15-26(16-18-27)33-30(35)22-32-28-13-6-14-29(21-28)37-19-7-11-24-9-3-2-4-10-24/h2-6,8-10,12-18,20-21,32H,7,11,19,22H2,1H3,(H,33,35)(H,34,36). The van der Waals surface area contributed by atoms with Gasteiger partial charge in [0.2, 0.25) is 5.91 Å². The number of carbonyl (C=O) groups is 2. The van der Waals surface area contributed by atoms with Gasteiger partial charge < -0.3 is 20.7 Å². The predicted molar refractivity (Wildman–Crippen MR) is 149 cm³/mol. The van der Waals surface area contributed by atoms with Crippen LogP contribution >= 0.6 is 0 Å². The molecular weight excluding hydrogens is 462 g/mol. The van der Waals surface area contributed by atoms with Gasteiger partial charge in [-0.15, -0.1) is 0 Å². The Hall–Kier alpha value is -4.58. The van der Waals surface area contributed by atoms with Gasteiger partial charge in [-0.05, 0) is 73.9 Å². The highest BCUT2D eigenvalue weighted by molar-refractivity contribution is 6.04. The average molecular weight is 494 g/mol. The maximum atomic E-state index is 12.4. The lowest BCUT2D eigenvalue weighted by Crippen LogP contribution is -2.21. The monoisotopic (exact) mass is 493 g/mol. The summed E-state index contributed by atoms with van der Waals surface area (Å²) in [5, 5.41) is 8.86. The first-order valence-corrected chi connectivity index (χ1v) is 12.3. The number of hydrogen-bond donors (Lipinski definition) is 3. The minimum Gasteiger partial charge on any atom is -0.494 e. The lowest BCUT2D eigenvalue weighted by molar-refractivity contribution is -0.114. The van der Waals surface area contributed by atoms with E-state index >= 15 is 0 Å². The molecule has 0 bridgehead atoms. The number of carbonyl (C=O) groups excluding carboxylic acids is 2. The van der Waals surface area contributed by atoms with Gasteiger partial charge in [-0.2, -0.15) is 0 Å². The summed E-state index contributed by atoms with van der Waals surface area (Å²) >= 11 is 0. The number of rotatable bonds is 11. The van der Waals surface area contributed by atoms with E-state index in [9.17, 15) is 9.59 Å². The predicted octanol–water partition coefficient (Wildman–Crippen LogP) is 6.31. The lowest BCUT2D eigenvalue weighted by Gasteiger charge is -2.11. The van der Waals surface area contributed by atoms with Crippen LogP contribution in [0.25, 0.3) is 0 Å².